The number of halogens is 1. The Morgan fingerprint density at radius 2 is 1.91 bits per heavy atom. The van der Waals surface area contributed by atoms with Gasteiger partial charge in [-0.2, -0.15) is 0 Å². The number of para-hydroxylation sites is 1. The highest BCUT2D eigenvalue weighted by Crippen LogP contribution is 2.49. The molecule has 1 radical (unpaired) electrons. The molecule has 0 aliphatic carbocycles. The fourth-order valence-electron chi connectivity index (χ4n) is 6.66. The number of amides is 2. The highest BCUT2D eigenvalue weighted by molar-refractivity contribution is 7.17. The van der Waals surface area contributed by atoms with E-state index in [1.54, 1.807) is 25.1 Å². The van der Waals surface area contributed by atoms with Gasteiger partial charge in [-0.05, 0) is 66.8 Å². The van der Waals surface area contributed by atoms with Crippen LogP contribution < -0.4 is 15.2 Å². The molecule has 1 saturated heterocycles. The molecule has 9 nitrogen and oxygen atoms in total. The first-order valence-electron chi connectivity index (χ1n) is 15.3. The van der Waals surface area contributed by atoms with Gasteiger partial charge in [0, 0.05) is 30.1 Å². The first-order valence-corrected chi connectivity index (χ1v) is 18.1. The van der Waals surface area contributed by atoms with E-state index in [0.717, 1.165) is 40.4 Å². The molecule has 6 heterocycles. The standard InChI is InChI=1S/C34H29FN5O4SSi/c1-19-38-39-33(44-19)28-22(13-10-20-8-11-21(35)12-9-20)37-31-23-5-4-16-40(23)34(42)30(31)29(28)25-14-15-26(45-25)32(41)36-17-46-18-43-24-6-2-3-7-27(24)46/h2-3,6-9,11-12,14-15,23H,4-5,10,13,16-18H2,1H3,(H,36,41)/t23-/m0/s1. The summed E-state index contributed by atoms with van der Waals surface area (Å²) < 4.78 is 25.4. The minimum absolute atomic E-state index is 0.0636. The third-order valence-corrected chi connectivity index (χ3v) is 12.2. The number of benzene rings is 2. The van der Waals surface area contributed by atoms with E-state index in [2.05, 4.69) is 21.6 Å². The van der Waals surface area contributed by atoms with Gasteiger partial charge in [0.05, 0.1) is 39.7 Å². The van der Waals surface area contributed by atoms with Crippen molar-refractivity contribution in [2.45, 2.75) is 38.6 Å². The maximum Gasteiger partial charge on any atom is 0.261 e. The molecule has 0 spiro atoms. The highest BCUT2D eigenvalue weighted by atomic mass is 32.1. The van der Waals surface area contributed by atoms with Crippen LogP contribution in [0.1, 0.15) is 61.8 Å². The fraction of sp³-hybridized carbons (Fsp3) is 0.265. The number of nitrogens with zero attached hydrogens (tertiary/aromatic N) is 4. The van der Waals surface area contributed by atoms with Crippen LogP contribution in [0.3, 0.4) is 0 Å². The largest absolute Gasteiger partial charge is 0.497 e. The van der Waals surface area contributed by atoms with Crippen LogP contribution in [0.5, 0.6) is 5.75 Å². The second-order valence-electron chi connectivity index (χ2n) is 11.7. The topological polar surface area (TPSA) is 110 Å². The zero-order chi connectivity index (χ0) is 31.4. The molecular weight excluding hydrogens is 622 g/mol. The van der Waals surface area contributed by atoms with Gasteiger partial charge < -0.3 is 19.4 Å². The molecule has 1 atom stereocenters. The normalized spacial score (nSPS) is 16.8. The number of thiophene rings is 1. The van der Waals surface area contributed by atoms with E-state index < -0.39 is 8.80 Å². The Bertz CT molecular complexity index is 1990. The van der Waals surface area contributed by atoms with Gasteiger partial charge in [0.15, 0.2) is 8.80 Å². The van der Waals surface area contributed by atoms with Crippen LogP contribution >= 0.6 is 11.3 Å². The maximum atomic E-state index is 14.0. The van der Waals surface area contributed by atoms with Gasteiger partial charge in [-0.1, -0.05) is 30.3 Å². The summed E-state index contributed by atoms with van der Waals surface area (Å²) in [5.74, 6) is 1.06. The van der Waals surface area contributed by atoms with E-state index in [-0.39, 0.29) is 29.6 Å². The summed E-state index contributed by atoms with van der Waals surface area (Å²) in [5.41, 5.74) is 4.28. The highest BCUT2D eigenvalue weighted by Gasteiger charge is 2.45. The number of carbonyl (C=O) groups excluding carboxylic acids is 2. The Morgan fingerprint density at radius 1 is 1.07 bits per heavy atom. The third kappa shape index (κ3) is 5.01. The molecule has 0 saturated carbocycles. The number of fused-ring (bicyclic) bond motifs is 4. The Hall–Kier alpha value is -4.68. The molecule has 8 rings (SSSR count). The van der Waals surface area contributed by atoms with Crippen molar-refractivity contribution < 1.29 is 23.1 Å². The first-order chi connectivity index (χ1) is 22.4. The van der Waals surface area contributed by atoms with Gasteiger partial charge in [-0.15, -0.1) is 21.5 Å². The van der Waals surface area contributed by atoms with Crippen molar-refractivity contribution in [2.75, 3.05) is 18.9 Å². The van der Waals surface area contributed by atoms with Crippen molar-refractivity contribution in [3.63, 3.8) is 0 Å². The maximum absolute atomic E-state index is 14.0. The minimum atomic E-state index is -1.07. The average Bonchev–Trinajstić information content (AvgIpc) is 3.90. The van der Waals surface area contributed by atoms with Crippen molar-refractivity contribution in [3.05, 3.63) is 99.8 Å². The molecule has 0 unspecified atom stereocenters. The fourth-order valence-corrected chi connectivity index (χ4v) is 9.63. The Labute approximate surface area is 270 Å². The van der Waals surface area contributed by atoms with Crippen LogP contribution in [0.2, 0.25) is 0 Å². The second-order valence-corrected chi connectivity index (χ2v) is 15.2. The summed E-state index contributed by atoms with van der Waals surface area (Å²) >= 11 is 1.34. The molecule has 2 amide bonds. The van der Waals surface area contributed by atoms with Crippen LogP contribution in [-0.2, 0) is 12.8 Å². The number of hydrogen-bond acceptors (Lipinski definition) is 8. The first kappa shape index (κ1) is 28.8. The number of carbonyl (C=O) groups is 2. The number of nitrogens with one attached hydrogen (secondary N) is 1. The Kier molecular flexibility index (Phi) is 7.25. The zero-order valence-electron chi connectivity index (χ0n) is 25.0. The van der Waals surface area contributed by atoms with Crippen LogP contribution in [0.15, 0.2) is 65.1 Å². The van der Waals surface area contributed by atoms with Gasteiger partial charge in [-0.3, -0.25) is 14.6 Å². The lowest BCUT2D eigenvalue weighted by atomic mass is 9.93. The summed E-state index contributed by atoms with van der Waals surface area (Å²) in [6.45, 7) is 2.40. The summed E-state index contributed by atoms with van der Waals surface area (Å²) in [7, 11) is -1.07. The number of pyridine rings is 1. The monoisotopic (exact) mass is 650 g/mol. The second kappa shape index (κ2) is 11.6. The van der Waals surface area contributed by atoms with Gasteiger partial charge >= 0.3 is 0 Å². The number of ether oxygens (including phenoxy) is 1. The van der Waals surface area contributed by atoms with Crippen molar-refractivity contribution in [1.29, 1.82) is 0 Å². The lowest BCUT2D eigenvalue weighted by Gasteiger charge is -2.16. The molecule has 1 N–H and O–H groups in total. The zero-order valence-corrected chi connectivity index (χ0v) is 26.8. The molecule has 12 heteroatoms. The predicted octanol–water partition coefficient (Wildman–Crippen LogP) is 4.99. The smallest absolute Gasteiger partial charge is 0.261 e. The molecule has 46 heavy (non-hydrogen) atoms. The van der Waals surface area contributed by atoms with Crippen LogP contribution in [0.4, 0.5) is 4.39 Å². The summed E-state index contributed by atoms with van der Waals surface area (Å²) in [4.78, 5) is 35.8. The molecular formula is C34H29FN5O4SSi. The van der Waals surface area contributed by atoms with E-state index in [1.165, 1.54) is 28.7 Å². The van der Waals surface area contributed by atoms with Crippen LogP contribution in [-0.4, -0.2) is 59.6 Å². The van der Waals surface area contributed by atoms with Gasteiger partial charge in [-0.25, -0.2) is 4.39 Å². The van der Waals surface area contributed by atoms with Crippen molar-refractivity contribution in [1.82, 2.24) is 25.4 Å². The summed E-state index contributed by atoms with van der Waals surface area (Å²) in [6.07, 6.45) is 4.05. The lowest BCUT2D eigenvalue weighted by Crippen LogP contribution is -2.42. The molecule has 3 aliphatic rings. The molecule has 3 aliphatic heterocycles. The summed E-state index contributed by atoms with van der Waals surface area (Å²) in [6, 6.07) is 18.1. The molecule has 5 aromatic rings. The summed E-state index contributed by atoms with van der Waals surface area (Å²) in [5, 5.41) is 12.8. The number of aromatic nitrogens is 3. The SMILES string of the molecule is Cc1nnc(-c2c(CCc3ccc(F)cc3)nc3c(c2-c2ccc(C(=O)NC[Si]4COc5ccccc54)s2)C(=O)N2CCC[C@@H]32)o1. The quantitative estimate of drug-likeness (QED) is 0.236. The third-order valence-electron chi connectivity index (χ3n) is 8.86. The minimum Gasteiger partial charge on any atom is -0.497 e. The molecule has 2 aromatic carbocycles. The Morgan fingerprint density at radius 3 is 2.74 bits per heavy atom. The van der Waals surface area contributed by atoms with Crippen LogP contribution in [0, 0.1) is 12.7 Å². The van der Waals surface area contributed by atoms with Gasteiger partial charge in [0.25, 0.3) is 11.8 Å². The van der Waals surface area contributed by atoms with Crippen molar-refractivity contribution in [3.8, 4) is 27.6 Å². The van der Waals surface area contributed by atoms with Crippen molar-refractivity contribution in [2.24, 2.45) is 0 Å². The molecule has 1 fully saturated rings. The van der Waals surface area contributed by atoms with Gasteiger partial charge in [0.2, 0.25) is 11.8 Å². The average molecular weight is 651 g/mol. The number of aryl methyl sites for hydroxylation is 3. The van der Waals surface area contributed by atoms with E-state index in [1.807, 2.05) is 29.2 Å². The van der Waals surface area contributed by atoms with Gasteiger partial charge in [0.1, 0.15) is 11.6 Å². The molecule has 231 valence electrons. The van der Waals surface area contributed by atoms with E-state index in [0.29, 0.717) is 59.2 Å². The number of rotatable bonds is 8. The van der Waals surface area contributed by atoms with Crippen molar-refractivity contribution >= 4 is 37.1 Å². The van der Waals surface area contributed by atoms with Crippen LogP contribution in [0.25, 0.3) is 21.9 Å². The van der Waals surface area contributed by atoms with E-state index in [9.17, 15) is 14.0 Å². The lowest BCUT2D eigenvalue weighted by molar-refractivity contribution is 0.0776. The Balaban J connectivity index is 1.18. The van der Waals surface area contributed by atoms with E-state index in [4.69, 9.17) is 14.1 Å². The number of hydrogen-bond donors (Lipinski definition) is 1. The predicted molar refractivity (Wildman–Crippen MR) is 172 cm³/mol. The van der Waals surface area contributed by atoms with E-state index >= 15 is 0 Å². The molecule has 3 aromatic heterocycles. The molecule has 0 bridgehead atoms.